The van der Waals surface area contributed by atoms with Crippen molar-refractivity contribution in [3.8, 4) is 11.4 Å². The Bertz CT molecular complexity index is 1120. The molecular weight excluding hydrogens is 530 g/mol. The number of nitrogens with zero attached hydrogens (tertiary/aromatic N) is 3. The number of aliphatic hydroxyl groups excluding tert-OH is 1. The minimum Gasteiger partial charge on any atom is -0.512 e. The minimum atomic E-state index is -0.125. The van der Waals surface area contributed by atoms with E-state index in [0.29, 0.717) is 5.82 Å². The molecule has 0 aliphatic rings. The van der Waals surface area contributed by atoms with Crippen LogP contribution in [0.15, 0.2) is 72.9 Å². The van der Waals surface area contributed by atoms with Crippen molar-refractivity contribution in [2.24, 2.45) is 0 Å². The summed E-state index contributed by atoms with van der Waals surface area (Å²) >= 11 is 0. The van der Waals surface area contributed by atoms with Crippen LogP contribution in [0, 0.1) is 6.07 Å². The fourth-order valence-corrected chi connectivity index (χ4v) is 2.62. The summed E-state index contributed by atoms with van der Waals surface area (Å²) in [6.07, 6.45) is 6.67. The van der Waals surface area contributed by atoms with Gasteiger partial charge in [-0.2, -0.15) is 0 Å². The molecule has 6 heteroatoms. The molecule has 5 nitrogen and oxygen atoms in total. The molecule has 0 atom stereocenters. The van der Waals surface area contributed by atoms with E-state index in [-0.39, 0.29) is 31.6 Å². The Morgan fingerprint density at radius 3 is 2.50 bits per heavy atom. The summed E-state index contributed by atoms with van der Waals surface area (Å²) < 4.78 is 0. The third-order valence-electron chi connectivity index (χ3n) is 3.73. The van der Waals surface area contributed by atoms with Crippen molar-refractivity contribution < 1.29 is 30.0 Å². The molecule has 0 bridgehead atoms. The molecule has 143 valence electrons. The maximum atomic E-state index is 10.0. The second kappa shape index (κ2) is 9.83. The molecule has 2 aromatic carbocycles. The molecule has 1 N–H and O–H groups in total. The van der Waals surface area contributed by atoms with E-state index in [1.54, 1.807) is 6.20 Å². The van der Waals surface area contributed by atoms with E-state index in [0.717, 1.165) is 27.2 Å². The van der Waals surface area contributed by atoms with Crippen LogP contribution in [0.3, 0.4) is 0 Å². The second-order valence-corrected chi connectivity index (χ2v) is 5.97. The minimum absolute atomic E-state index is 0. The third kappa shape index (κ3) is 5.28. The van der Waals surface area contributed by atoms with E-state index in [1.807, 2.05) is 54.9 Å². The summed E-state index contributed by atoms with van der Waals surface area (Å²) in [6.45, 7) is 2.85. The predicted octanol–water partition coefficient (Wildman–Crippen LogP) is 4.68. The average Bonchev–Trinajstić information content (AvgIpc) is 2.67. The Morgan fingerprint density at radius 1 is 1.07 bits per heavy atom. The monoisotopic (exact) mass is 549 g/mol. The molecule has 0 aliphatic heterocycles. The van der Waals surface area contributed by atoms with Gasteiger partial charge >= 0.3 is 0 Å². The van der Waals surface area contributed by atoms with Gasteiger partial charge in [0, 0.05) is 60.9 Å². The molecule has 2 heterocycles. The Hall–Kier alpha value is -2.95. The number of hydrogen-bond donors (Lipinski definition) is 1. The molecule has 4 rings (SSSR count). The zero-order chi connectivity index (χ0) is 19.2. The number of fused-ring (bicyclic) bond motifs is 3. The normalized spacial score (nSPS) is 10.7. The van der Waals surface area contributed by atoms with E-state index >= 15 is 0 Å². The summed E-state index contributed by atoms with van der Waals surface area (Å²) in [7, 11) is 0. The van der Waals surface area contributed by atoms with Gasteiger partial charge in [0.05, 0.1) is 17.1 Å². The molecule has 4 aromatic rings. The van der Waals surface area contributed by atoms with E-state index in [9.17, 15) is 4.79 Å². The number of benzene rings is 2. The Morgan fingerprint density at radius 2 is 1.86 bits per heavy atom. The molecule has 0 unspecified atom stereocenters. The van der Waals surface area contributed by atoms with Crippen LogP contribution < -0.4 is 0 Å². The van der Waals surface area contributed by atoms with E-state index in [2.05, 4.69) is 16.0 Å². The summed E-state index contributed by atoms with van der Waals surface area (Å²) in [5.41, 5.74) is 1.85. The Labute approximate surface area is 176 Å². The molecule has 1 radical (unpaired) electrons. The summed E-state index contributed by atoms with van der Waals surface area (Å²) in [5, 5.41) is 11.6. The van der Waals surface area contributed by atoms with Gasteiger partial charge in [-0.25, -0.2) is 0 Å². The van der Waals surface area contributed by atoms with Crippen LogP contribution in [0.2, 0.25) is 0 Å². The van der Waals surface area contributed by atoms with Crippen LogP contribution in [-0.4, -0.2) is 25.8 Å². The Balaban J connectivity index is 0.000000306. The van der Waals surface area contributed by atoms with Gasteiger partial charge in [-0.15, -0.1) is 35.9 Å². The van der Waals surface area contributed by atoms with Crippen LogP contribution in [0.4, 0.5) is 0 Å². The second-order valence-electron chi connectivity index (χ2n) is 5.97. The zero-order valence-electron chi connectivity index (χ0n) is 15.4. The van der Waals surface area contributed by atoms with Gasteiger partial charge in [0.25, 0.3) is 0 Å². The molecular formula is C22H18IrN3O2-. The summed E-state index contributed by atoms with van der Waals surface area (Å²) in [5.74, 6) is 0.634. The van der Waals surface area contributed by atoms with E-state index in [4.69, 9.17) is 10.1 Å². The molecule has 0 saturated heterocycles. The fourth-order valence-electron chi connectivity index (χ4n) is 2.62. The number of pyridine rings is 1. The molecule has 0 saturated carbocycles. The van der Waals surface area contributed by atoms with Crippen LogP contribution in [0.25, 0.3) is 33.1 Å². The van der Waals surface area contributed by atoms with Crippen LogP contribution in [0.5, 0.6) is 0 Å². The first-order valence-electron chi connectivity index (χ1n) is 8.39. The zero-order valence-corrected chi connectivity index (χ0v) is 17.8. The Kier molecular flexibility index (Phi) is 7.50. The first-order valence-corrected chi connectivity index (χ1v) is 8.39. The van der Waals surface area contributed by atoms with Crippen LogP contribution in [-0.2, 0) is 24.9 Å². The van der Waals surface area contributed by atoms with Gasteiger partial charge in [-0.3, -0.25) is 19.7 Å². The number of allylic oxidation sites excluding steroid dienone is 2. The van der Waals surface area contributed by atoms with Crippen molar-refractivity contribution in [3.05, 3.63) is 79.0 Å². The smallest absolute Gasteiger partial charge is 0.155 e. The first-order chi connectivity index (χ1) is 13.0. The van der Waals surface area contributed by atoms with E-state index in [1.165, 1.54) is 19.9 Å². The number of aromatic nitrogens is 3. The number of aliphatic hydroxyl groups is 1. The van der Waals surface area contributed by atoms with Crippen molar-refractivity contribution in [1.82, 2.24) is 15.0 Å². The maximum Gasteiger partial charge on any atom is 0.155 e. The third-order valence-corrected chi connectivity index (χ3v) is 3.73. The number of rotatable bonds is 2. The van der Waals surface area contributed by atoms with Gasteiger partial charge in [0.1, 0.15) is 0 Å². The maximum absolute atomic E-state index is 10.0. The SMILES string of the molecule is CC(=O)C=C(C)O.[Ir].[c-]1ccccc1-c1ncc2ccc3cnccc3c2n1. The van der Waals surface area contributed by atoms with Gasteiger partial charge in [-0.05, 0) is 19.9 Å². The fraction of sp³-hybridized carbons (Fsp3) is 0.0909. The number of ketones is 1. The number of hydrogen-bond acceptors (Lipinski definition) is 5. The molecule has 0 spiro atoms. The van der Waals surface area contributed by atoms with Crippen molar-refractivity contribution >= 4 is 27.5 Å². The predicted molar refractivity (Wildman–Crippen MR) is 106 cm³/mol. The molecule has 0 aliphatic carbocycles. The van der Waals surface area contributed by atoms with Crippen molar-refractivity contribution in [3.63, 3.8) is 0 Å². The molecule has 0 amide bonds. The van der Waals surface area contributed by atoms with Gasteiger partial charge in [0.2, 0.25) is 0 Å². The summed E-state index contributed by atoms with van der Waals surface area (Å²) in [4.78, 5) is 23.3. The van der Waals surface area contributed by atoms with Crippen LogP contribution in [0.1, 0.15) is 13.8 Å². The van der Waals surface area contributed by atoms with Crippen molar-refractivity contribution in [2.75, 3.05) is 0 Å². The van der Waals surface area contributed by atoms with Gasteiger partial charge in [-0.1, -0.05) is 12.1 Å². The number of carbonyl (C=O) groups excluding carboxylic acids is 1. The van der Waals surface area contributed by atoms with Gasteiger partial charge in [0.15, 0.2) is 5.78 Å². The van der Waals surface area contributed by atoms with Gasteiger partial charge < -0.3 is 5.11 Å². The van der Waals surface area contributed by atoms with E-state index < -0.39 is 0 Å². The molecule has 0 fully saturated rings. The van der Waals surface area contributed by atoms with Crippen molar-refractivity contribution in [1.29, 1.82) is 0 Å². The standard InChI is InChI=1S/C17H10N3.C5H8O2.Ir/c1-2-4-12(5-3-1)17-19-11-14-7-6-13-10-18-9-8-15(13)16(14)20-17;1-4(6)3-5(2)7;/h1-4,6-11H;3,6H,1-2H3;/q-1;;. The molecule has 2 aromatic heterocycles. The summed E-state index contributed by atoms with van der Waals surface area (Å²) in [6, 6.07) is 17.0. The quantitative estimate of drug-likeness (QED) is 0.170. The first kappa shape index (κ1) is 21.4. The largest absolute Gasteiger partial charge is 0.512 e. The number of carbonyl (C=O) groups is 1. The topological polar surface area (TPSA) is 76.0 Å². The van der Waals surface area contributed by atoms with Crippen LogP contribution >= 0.6 is 0 Å². The van der Waals surface area contributed by atoms with Crippen molar-refractivity contribution in [2.45, 2.75) is 13.8 Å². The average molecular weight is 549 g/mol. The molecule has 28 heavy (non-hydrogen) atoms.